The van der Waals surface area contributed by atoms with Gasteiger partial charge >= 0.3 is 0 Å². The third-order valence-corrected chi connectivity index (χ3v) is 3.65. The van der Waals surface area contributed by atoms with Gasteiger partial charge < -0.3 is 10.3 Å². The molecule has 0 bridgehead atoms. The molecule has 0 atom stereocenters. The van der Waals surface area contributed by atoms with E-state index < -0.39 is 0 Å². The van der Waals surface area contributed by atoms with Crippen molar-refractivity contribution in [3.8, 4) is 11.3 Å². The minimum Gasteiger partial charge on any atom is -0.383 e. The second-order valence-electron chi connectivity index (χ2n) is 5.03. The molecule has 0 amide bonds. The van der Waals surface area contributed by atoms with Crippen molar-refractivity contribution in [3.05, 3.63) is 35.7 Å². The summed E-state index contributed by atoms with van der Waals surface area (Å²) in [5.74, 6) is 1.96. The molecule has 1 aliphatic carbocycles. The number of aromatic nitrogens is 2. The van der Waals surface area contributed by atoms with Crippen molar-refractivity contribution in [3.63, 3.8) is 0 Å². The average Bonchev–Trinajstić information content (AvgIpc) is 3.15. The van der Waals surface area contributed by atoms with Gasteiger partial charge in [-0.2, -0.15) is 0 Å². The highest BCUT2D eigenvalue weighted by molar-refractivity contribution is 5.73. The minimum atomic E-state index is 0.588. The number of anilines is 1. The number of rotatable bonds is 3. The summed E-state index contributed by atoms with van der Waals surface area (Å²) in [7, 11) is 0. The molecule has 2 N–H and O–H groups in total. The van der Waals surface area contributed by atoms with Crippen molar-refractivity contribution in [2.24, 2.45) is 0 Å². The Balaban J connectivity index is 2.16. The van der Waals surface area contributed by atoms with Gasteiger partial charge in [0.25, 0.3) is 0 Å². The van der Waals surface area contributed by atoms with Gasteiger partial charge in [-0.15, -0.1) is 0 Å². The Morgan fingerprint density at radius 2 is 2.06 bits per heavy atom. The van der Waals surface area contributed by atoms with E-state index in [2.05, 4.69) is 30.5 Å². The molecule has 0 aliphatic heterocycles. The standard InChI is InChI=1S/C15H19N3/c1-3-13-17-14(12-7-5-4-6-10(12)2)15(16)18(13)11-8-9-11/h4-7,11H,3,8-9,16H2,1-2H3. The van der Waals surface area contributed by atoms with Gasteiger partial charge in [-0.05, 0) is 25.3 Å². The fourth-order valence-corrected chi connectivity index (χ4v) is 2.52. The van der Waals surface area contributed by atoms with Crippen molar-refractivity contribution in [1.82, 2.24) is 9.55 Å². The summed E-state index contributed by atoms with van der Waals surface area (Å²) in [6.45, 7) is 4.25. The van der Waals surface area contributed by atoms with E-state index in [1.54, 1.807) is 0 Å². The predicted octanol–water partition coefficient (Wildman–Crippen LogP) is 3.34. The highest BCUT2D eigenvalue weighted by atomic mass is 15.2. The van der Waals surface area contributed by atoms with Crippen molar-refractivity contribution in [2.75, 3.05) is 5.73 Å². The van der Waals surface area contributed by atoms with Gasteiger partial charge in [0.1, 0.15) is 17.3 Å². The fraction of sp³-hybridized carbons (Fsp3) is 0.400. The van der Waals surface area contributed by atoms with Gasteiger partial charge in [0, 0.05) is 18.0 Å². The summed E-state index contributed by atoms with van der Waals surface area (Å²) in [6.07, 6.45) is 3.41. The second-order valence-corrected chi connectivity index (χ2v) is 5.03. The van der Waals surface area contributed by atoms with Gasteiger partial charge in [0.2, 0.25) is 0 Å². The number of nitrogens with zero attached hydrogens (tertiary/aromatic N) is 2. The zero-order chi connectivity index (χ0) is 12.7. The first kappa shape index (κ1) is 11.3. The summed E-state index contributed by atoms with van der Waals surface area (Å²) < 4.78 is 2.24. The Bertz CT molecular complexity index is 579. The third kappa shape index (κ3) is 1.70. The summed E-state index contributed by atoms with van der Waals surface area (Å²) in [5, 5.41) is 0. The fourth-order valence-electron chi connectivity index (χ4n) is 2.52. The topological polar surface area (TPSA) is 43.8 Å². The van der Waals surface area contributed by atoms with Crippen LogP contribution in [0.15, 0.2) is 24.3 Å². The number of hydrogen-bond donors (Lipinski definition) is 1. The lowest BCUT2D eigenvalue weighted by molar-refractivity contribution is 0.696. The lowest BCUT2D eigenvalue weighted by Gasteiger charge is -2.07. The van der Waals surface area contributed by atoms with Crippen LogP contribution in [0.3, 0.4) is 0 Å². The summed E-state index contributed by atoms with van der Waals surface area (Å²) >= 11 is 0. The Hall–Kier alpha value is -1.77. The number of imidazole rings is 1. The van der Waals surface area contributed by atoms with Gasteiger partial charge in [-0.25, -0.2) is 4.98 Å². The number of nitrogens with two attached hydrogens (primary N) is 1. The van der Waals surface area contributed by atoms with Crippen LogP contribution in [-0.4, -0.2) is 9.55 Å². The molecular weight excluding hydrogens is 222 g/mol. The third-order valence-electron chi connectivity index (χ3n) is 3.65. The first-order chi connectivity index (χ1) is 8.72. The molecule has 2 aromatic rings. The minimum absolute atomic E-state index is 0.588. The molecule has 1 aliphatic rings. The van der Waals surface area contributed by atoms with E-state index in [4.69, 9.17) is 10.7 Å². The van der Waals surface area contributed by atoms with Crippen molar-refractivity contribution in [2.45, 2.75) is 39.2 Å². The smallest absolute Gasteiger partial charge is 0.132 e. The first-order valence-electron chi connectivity index (χ1n) is 6.65. The van der Waals surface area contributed by atoms with E-state index in [1.165, 1.54) is 18.4 Å². The van der Waals surface area contributed by atoms with Crippen LogP contribution in [-0.2, 0) is 6.42 Å². The normalized spacial score (nSPS) is 15.0. The Morgan fingerprint density at radius 1 is 1.33 bits per heavy atom. The van der Waals surface area contributed by atoms with E-state index in [0.29, 0.717) is 6.04 Å². The molecule has 1 heterocycles. The molecule has 0 saturated heterocycles. The van der Waals surface area contributed by atoms with E-state index >= 15 is 0 Å². The number of nitrogen functional groups attached to an aromatic ring is 1. The first-order valence-corrected chi connectivity index (χ1v) is 6.65. The summed E-state index contributed by atoms with van der Waals surface area (Å²) in [4.78, 5) is 4.76. The predicted molar refractivity (Wildman–Crippen MR) is 74.5 cm³/mol. The van der Waals surface area contributed by atoms with Crippen molar-refractivity contribution < 1.29 is 0 Å². The van der Waals surface area contributed by atoms with Gasteiger partial charge in [-0.1, -0.05) is 31.2 Å². The quantitative estimate of drug-likeness (QED) is 0.895. The maximum Gasteiger partial charge on any atom is 0.132 e. The second kappa shape index (κ2) is 4.16. The summed E-state index contributed by atoms with van der Waals surface area (Å²) in [6, 6.07) is 8.89. The molecule has 94 valence electrons. The van der Waals surface area contributed by atoms with Crippen molar-refractivity contribution >= 4 is 5.82 Å². The van der Waals surface area contributed by atoms with Crippen LogP contribution in [0.4, 0.5) is 5.82 Å². The van der Waals surface area contributed by atoms with E-state index in [9.17, 15) is 0 Å². The molecule has 0 unspecified atom stereocenters. The summed E-state index contributed by atoms with van der Waals surface area (Å²) in [5.41, 5.74) is 9.66. The van der Waals surface area contributed by atoms with Crippen LogP contribution in [0.2, 0.25) is 0 Å². The monoisotopic (exact) mass is 241 g/mol. The van der Waals surface area contributed by atoms with Gasteiger partial charge in [-0.3, -0.25) is 0 Å². The molecule has 3 nitrogen and oxygen atoms in total. The van der Waals surface area contributed by atoms with Crippen LogP contribution < -0.4 is 5.73 Å². The molecule has 0 spiro atoms. The lowest BCUT2D eigenvalue weighted by Crippen LogP contribution is -2.04. The number of benzene rings is 1. The van der Waals surface area contributed by atoms with E-state index in [-0.39, 0.29) is 0 Å². The molecule has 0 radical (unpaired) electrons. The molecule has 1 aromatic heterocycles. The van der Waals surface area contributed by atoms with Crippen LogP contribution in [0.1, 0.15) is 37.2 Å². The maximum atomic E-state index is 6.32. The Labute approximate surface area is 108 Å². The van der Waals surface area contributed by atoms with Crippen LogP contribution in [0.25, 0.3) is 11.3 Å². The molecule has 3 heteroatoms. The highest BCUT2D eigenvalue weighted by Gasteiger charge is 2.29. The van der Waals surface area contributed by atoms with E-state index in [1.807, 2.05) is 12.1 Å². The SMILES string of the molecule is CCc1nc(-c2ccccc2C)c(N)n1C1CC1. The molecule has 3 rings (SSSR count). The van der Waals surface area contributed by atoms with Crippen LogP contribution >= 0.6 is 0 Å². The average molecular weight is 241 g/mol. The van der Waals surface area contributed by atoms with Crippen molar-refractivity contribution in [1.29, 1.82) is 0 Å². The van der Waals surface area contributed by atoms with Crippen LogP contribution in [0.5, 0.6) is 0 Å². The Morgan fingerprint density at radius 3 is 2.67 bits per heavy atom. The zero-order valence-corrected chi connectivity index (χ0v) is 11.0. The van der Waals surface area contributed by atoms with Gasteiger partial charge in [0.15, 0.2) is 0 Å². The van der Waals surface area contributed by atoms with Gasteiger partial charge in [0.05, 0.1) is 0 Å². The Kier molecular flexibility index (Phi) is 2.62. The van der Waals surface area contributed by atoms with Crippen LogP contribution in [0, 0.1) is 6.92 Å². The zero-order valence-electron chi connectivity index (χ0n) is 11.0. The molecular formula is C15H19N3. The lowest BCUT2D eigenvalue weighted by atomic mass is 10.1. The molecule has 18 heavy (non-hydrogen) atoms. The molecule has 1 fully saturated rings. The molecule has 1 saturated carbocycles. The highest BCUT2D eigenvalue weighted by Crippen LogP contribution is 2.41. The molecule has 1 aromatic carbocycles. The maximum absolute atomic E-state index is 6.32. The van der Waals surface area contributed by atoms with E-state index in [0.717, 1.165) is 29.3 Å². The number of hydrogen-bond acceptors (Lipinski definition) is 2. The number of aryl methyl sites for hydroxylation is 2. The largest absolute Gasteiger partial charge is 0.383 e.